The monoisotopic (exact) mass is 314 g/mol. The number of anilines is 1. The van der Waals surface area contributed by atoms with Gasteiger partial charge in [-0.2, -0.15) is 0 Å². The number of esters is 1. The lowest BCUT2D eigenvalue weighted by molar-refractivity contribution is -0.131. The number of rotatable bonds is 5. The summed E-state index contributed by atoms with van der Waals surface area (Å²) in [5, 5.41) is 14.4. The molecule has 3 N–H and O–H groups in total. The Balaban J connectivity index is 1.87. The number of ether oxygens (including phenoxy) is 1. The van der Waals surface area contributed by atoms with Crippen LogP contribution >= 0.6 is 0 Å². The third kappa shape index (κ3) is 5.44. The van der Waals surface area contributed by atoms with Gasteiger partial charge in [-0.15, -0.1) is 0 Å². The lowest BCUT2D eigenvalue weighted by Gasteiger charge is -2.09. The average Bonchev–Trinajstić information content (AvgIpc) is 2.53. The van der Waals surface area contributed by atoms with Crippen molar-refractivity contribution >= 4 is 17.7 Å². The van der Waals surface area contributed by atoms with Crippen molar-refractivity contribution in [3.05, 3.63) is 59.7 Å². The second kappa shape index (κ2) is 7.95. The molecule has 0 aromatic heterocycles. The summed E-state index contributed by atoms with van der Waals surface area (Å²) in [6, 6.07) is 13.5. The van der Waals surface area contributed by atoms with Gasteiger partial charge in [-0.05, 0) is 23.3 Å². The predicted octanol–water partition coefficient (Wildman–Crippen LogP) is 2.43. The van der Waals surface area contributed by atoms with Crippen molar-refractivity contribution in [2.45, 2.75) is 20.1 Å². The molecule has 0 aliphatic rings. The molecule has 2 amide bonds. The highest BCUT2D eigenvalue weighted by molar-refractivity contribution is 5.89. The third-order valence-electron chi connectivity index (χ3n) is 3.01. The Kier molecular flexibility index (Phi) is 5.71. The smallest absolute Gasteiger partial charge is 0.319 e. The molecular formula is C17H18N2O4. The molecule has 23 heavy (non-hydrogen) atoms. The van der Waals surface area contributed by atoms with Gasteiger partial charge in [0.15, 0.2) is 0 Å². The van der Waals surface area contributed by atoms with Gasteiger partial charge >= 0.3 is 12.0 Å². The number of benzene rings is 2. The summed E-state index contributed by atoms with van der Waals surface area (Å²) in [7, 11) is 0. The van der Waals surface area contributed by atoms with E-state index < -0.39 is 5.97 Å². The molecule has 0 radical (unpaired) electrons. The molecule has 2 rings (SSSR count). The number of urea groups is 1. The summed E-state index contributed by atoms with van der Waals surface area (Å²) in [6.45, 7) is 1.67. The molecule has 0 aliphatic carbocycles. The number of aliphatic hydroxyl groups excluding tert-OH is 1. The maximum absolute atomic E-state index is 11.9. The van der Waals surface area contributed by atoms with E-state index in [-0.39, 0.29) is 12.6 Å². The molecule has 0 spiro atoms. The Morgan fingerprint density at radius 1 is 1.09 bits per heavy atom. The lowest BCUT2D eigenvalue weighted by Crippen LogP contribution is -2.28. The molecule has 0 aliphatic heterocycles. The van der Waals surface area contributed by atoms with Gasteiger partial charge in [-0.1, -0.05) is 30.3 Å². The number of carbonyl (C=O) groups excluding carboxylic acids is 2. The number of nitrogens with one attached hydrogen (secondary N) is 2. The van der Waals surface area contributed by atoms with Gasteiger partial charge in [0.25, 0.3) is 0 Å². The van der Waals surface area contributed by atoms with Gasteiger partial charge in [0.05, 0.1) is 6.61 Å². The standard InChI is InChI=1S/C17H18N2O4/c1-12(21)23-16-4-2-3-15(9-16)19-17(22)18-10-13-5-7-14(11-20)8-6-13/h2-9,20H,10-11H2,1H3,(H2,18,19,22). The van der Waals surface area contributed by atoms with E-state index in [4.69, 9.17) is 9.84 Å². The van der Waals surface area contributed by atoms with E-state index in [2.05, 4.69) is 10.6 Å². The van der Waals surface area contributed by atoms with Crippen molar-refractivity contribution in [1.82, 2.24) is 5.32 Å². The summed E-state index contributed by atoms with van der Waals surface area (Å²) in [4.78, 5) is 22.8. The quantitative estimate of drug-likeness (QED) is 0.584. The number of hydrogen-bond acceptors (Lipinski definition) is 4. The third-order valence-corrected chi connectivity index (χ3v) is 3.01. The van der Waals surface area contributed by atoms with Crippen molar-refractivity contribution in [3.8, 4) is 5.75 Å². The van der Waals surface area contributed by atoms with Crippen molar-refractivity contribution in [2.24, 2.45) is 0 Å². The van der Waals surface area contributed by atoms with Crippen LogP contribution in [-0.4, -0.2) is 17.1 Å². The molecule has 2 aromatic carbocycles. The van der Waals surface area contributed by atoms with Gasteiger partial charge in [-0.3, -0.25) is 4.79 Å². The zero-order valence-corrected chi connectivity index (χ0v) is 12.7. The molecule has 0 fully saturated rings. The number of amides is 2. The Morgan fingerprint density at radius 3 is 2.43 bits per heavy atom. The van der Waals surface area contributed by atoms with Crippen molar-refractivity contribution in [3.63, 3.8) is 0 Å². The van der Waals surface area contributed by atoms with Crippen LogP contribution in [0, 0.1) is 0 Å². The first kappa shape index (κ1) is 16.5. The zero-order valence-electron chi connectivity index (χ0n) is 12.7. The number of carbonyl (C=O) groups is 2. The molecule has 0 unspecified atom stereocenters. The van der Waals surface area contributed by atoms with Gasteiger partial charge in [0, 0.05) is 25.2 Å². The maximum atomic E-state index is 11.9. The van der Waals surface area contributed by atoms with Crippen LogP contribution in [-0.2, 0) is 17.9 Å². The van der Waals surface area contributed by atoms with Crippen molar-refractivity contribution < 1.29 is 19.4 Å². The minimum atomic E-state index is -0.419. The largest absolute Gasteiger partial charge is 0.427 e. The molecule has 2 aromatic rings. The molecule has 0 saturated heterocycles. The summed E-state index contributed by atoms with van der Waals surface area (Å²) >= 11 is 0. The minimum Gasteiger partial charge on any atom is -0.427 e. The lowest BCUT2D eigenvalue weighted by atomic mass is 10.1. The first-order valence-corrected chi connectivity index (χ1v) is 7.09. The molecule has 0 saturated carbocycles. The SMILES string of the molecule is CC(=O)Oc1cccc(NC(=O)NCc2ccc(CO)cc2)c1. The summed E-state index contributed by atoms with van der Waals surface area (Å²) in [5.41, 5.74) is 2.27. The van der Waals surface area contributed by atoms with Crippen LogP contribution in [0.15, 0.2) is 48.5 Å². The normalized spacial score (nSPS) is 10.0. The summed E-state index contributed by atoms with van der Waals surface area (Å²) < 4.78 is 4.96. The van der Waals surface area contributed by atoms with Crippen LogP contribution in [0.1, 0.15) is 18.1 Å². The Labute approximate surface area is 134 Å². The topological polar surface area (TPSA) is 87.7 Å². The predicted molar refractivity (Wildman–Crippen MR) is 86.0 cm³/mol. The van der Waals surface area contributed by atoms with E-state index in [1.807, 2.05) is 12.1 Å². The Hall–Kier alpha value is -2.86. The zero-order chi connectivity index (χ0) is 16.7. The van der Waals surface area contributed by atoms with Gasteiger partial charge in [-0.25, -0.2) is 4.79 Å². The maximum Gasteiger partial charge on any atom is 0.319 e. The molecule has 6 nitrogen and oxygen atoms in total. The fourth-order valence-corrected chi connectivity index (χ4v) is 1.92. The van der Waals surface area contributed by atoms with Crippen LogP contribution in [0.4, 0.5) is 10.5 Å². The van der Waals surface area contributed by atoms with Crippen LogP contribution in [0.5, 0.6) is 5.75 Å². The molecular weight excluding hydrogens is 296 g/mol. The van der Waals surface area contributed by atoms with Crippen LogP contribution < -0.4 is 15.4 Å². The van der Waals surface area contributed by atoms with Crippen LogP contribution in [0.25, 0.3) is 0 Å². The van der Waals surface area contributed by atoms with E-state index in [0.29, 0.717) is 18.0 Å². The molecule has 0 bridgehead atoms. The van der Waals surface area contributed by atoms with Crippen LogP contribution in [0.3, 0.4) is 0 Å². The average molecular weight is 314 g/mol. The van der Waals surface area contributed by atoms with E-state index >= 15 is 0 Å². The highest BCUT2D eigenvalue weighted by atomic mass is 16.5. The van der Waals surface area contributed by atoms with E-state index in [0.717, 1.165) is 11.1 Å². The van der Waals surface area contributed by atoms with E-state index in [1.165, 1.54) is 6.92 Å². The van der Waals surface area contributed by atoms with E-state index in [1.54, 1.807) is 36.4 Å². The summed E-state index contributed by atoms with van der Waals surface area (Å²) in [5.74, 6) is -0.0483. The fraction of sp³-hybridized carbons (Fsp3) is 0.176. The first-order valence-electron chi connectivity index (χ1n) is 7.09. The second-order valence-electron chi connectivity index (χ2n) is 4.90. The first-order chi connectivity index (χ1) is 11.1. The second-order valence-corrected chi connectivity index (χ2v) is 4.90. The van der Waals surface area contributed by atoms with Crippen molar-refractivity contribution in [1.29, 1.82) is 0 Å². The summed E-state index contributed by atoms with van der Waals surface area (Å²) in [6.07, 6.45) is 0. The molecule has 0 atom stereocenters. The Morgan fingerprint density at radius 2 is 1.78 bits per heavy atom. The fourth-order valence-electron chi connectivity index (χ4n) is 1.92. The van der Waals surface area contributed by atoms with Crippen LogP contribution in [0.2, 0.25) is 0 Å². The highest BCUT2D eigenvalue weighted by Gasteiger charge is 2.04. The Bertz CT molecular complexity index is 683. The highest BCUT2D eigenvalue weighted by Crippen LogP contribution is 2.17. The van der Waals surface area contributed by atoms with Gasteiger partial charge in [0.1, 0.15) is 5.75 Å². The minimum absolute atomic E-state index is 0.00707. The molecule has 6 heteroatoms. The molecule has 0 heterocycles. The molecule has 120 valence electrons. The van der Waals surface area contributed by atoms with Gasteiger partial charge in [0.2, 0.25) is 0 Å². The number of aliphatic hydroxyl groups is 1. The number of hydrogen-bond donors (Lipinski definition) is 3. The van der Waals surface area contributed by atoms with Crippen molar-refractivity contribution in [2.75, 3.05) is 5.32 Å². The van der Waals surface area contributed by atoms with Gasteiger partial charge < -0.3 is 20.5 Å². The van der Waals surface area contributed by atoms with E-state index in [9.17, 15) is 9.59 Å².